The summed E-state index contributed by atoms with van der Waals surface area (Å²) in [4.78, 5) is 51.1. The summed E-state index contributed by atoms with van der Waals surface area (Å²) >= 11 is 18.1. The Labute approximate surface area is 200 Å². The number of aliphatic carboxylic acids is 1. The average molecular weight is 508 g/mol. The molecular formula is C20H11Cl2N3O5S2. The average Bonchev–Trinajstić information content (AvgIpc) is 3.17. The standard InChI is InChI=1S/C20H11Cl2N3O5S2/c21-11-6-3-5-10(15(11)22)17(28)23-25-19(30)16(32-20(25)31)14-9-4-1-2-7-12(9)24(18(14)29)8-13(26)27/h1-7H,8H2,(H,23,28)(H,26,27). The van der Waals surface area contributed by atoms with Gasteiger partial charge in [0, 0.05) is 5.56 Å². The fourth-order valence-corrected chi connectivity index (χ4v) is 4.89. The predicted molar refractivity (Wildman–Crippen MR) is 124 cm³/mol. The van der Waals surface area contributed by atoms with Gasteiger partial charge in [0.1, 0.15) is 6.54 Å². The molecule has 0 aliphatic carbocycles. The van der Waals surface area contributed by atoms with Crippen molar-refractivity contribution in [2.45, 2.75) is 0 Å². The number of halogens is 2. The SMILES string of the molecule is O=C(O)CN1C(=O)C(=C2SC(=S)N(NC(=O)c3cccc(Cl)c3Cl)C2=O)c2ccccc21. The first kappa shape index (κ1) is 22.3. The van der Waals surface area contributed by atoms with E-state index in [1.807, 2.05) is 0 Å². The van der Waals surface area contributed by atoms with Crippen LogP contribution in [0.25, 0.3) is 5.57 Å². The Morgan fingerprint density at radius 2 is 1.78 bits per heavy atom. The van der Waals surface area contributed by atoms with Gasteiger partial charge in [0.2, 0.25) is 0 Å². The molecule has 2 aliphatic rings. The molecule has 0 bridgehead atoms. The zero-order valence-electron chi connectivity index (χ0n) is 15.8. The molecule has 3 amide bonds. The van der Waals surface area contributed by atoms with Gasteiger partial charge in [-0.15, -0.1) is 0 Å². The summed E-state index contributed by atoms with van der Waals surface area (Å²) in [6, 6.07) is 11.0. The molecule has 2 heterocycles. The number of carbonyl (C=O) groups excluding carboxylic acids is 3. The summed E-state index contributed by atoms with van der Waals surface area (Å²) in [5, 5.41) is 10.2. The van der Waals surface area contributed by atoms with Gasteiger partial charge >= 0.3 is 5.97 Å². The fourth-order valence-electron chi connectivity index (χ4n) is 3.25. The number of hydrogen-bond acceptors (Lipinski definition) is 6. The van der Waals surface area contributed by atoms with Gasteiger partial charge in [-0.3, -0.25) is 29.5 Å². The monoisotopic (exact) mass is 507 g/mol. The number of hydrazine groups is 1. The first-order valence-corrected chi connectivity index (χ1v) is 10.9. The van der Waals surface area contributed by atoms with Crippen LogP contribution in [0.5, 0.6) is 0 Å². The van der Waals surface area contributed by atoms with Gasteiger partial charge in [-0.1, -0.05) is 59.2 Å². The topological polar surface area (TPSA) is 107 Å². The van der Waals surface area contributed by atoms with E-state index in [9.17, 15) is 24.3 Å². The minimum Gasteiger partial charge on any atom is -0.480 e. The Balaban J connectivity index is 1.69. The van der Waals surface area contributed by atoms with Crippen molar-refractivity contribution in [1.82, 2.24) is 10.4 Å². The summed E-state index contributed by atoms with van der Waals surface area (Å²) in [5.41, 5.74) is 3.22. The van der Waals surface area contributed by atoms with Crippen LogP contribution in [-0.2, 0) is 14.4 Å². The number of benzene rings is 2. The number of thioether (sulfide) groups is 1. The second-order valence-electron chi connectivity index (χ2n) is 6.56. The summed E-state index contributed by atoms with van der Waals surface area (Å²) in [6.45, 7) is -0.566. The molecule has 0 saturated carbocycles. The highest BCUT2D eigenvalue weighted by Crippen LogP contribution is 2.44. The highest BCUT2D eigenvalue weighted by molar-refractivity contribution is 8.26. The van der Waals surface area contributed by atoms with Crippen LogP contribution in [0, 0.1) is 0 Å². The van der Waals surface area contributed by atoms with Gasteiger partial charge in [-0.2, -0.15) is 5.01 Å². The number of fused-ring (bicyclic) bond motifs is 1. The molecule has 4 rings (SSSR count). The number of carboxylic acid groups (broad SMARTS) is 1. The lowest BCUT2D eigenvalue weighted by Gasteiger charge is -2.16. The number of para-hydroxylation sites is 1. The van der Waals surface area contributed by atoms with Crippen LogP contribution in [-0.4, -0.2) is 44.7 Å². The van der Waals surface area contributed by atoms with Crippen molar-refractivity contribution < 1.29 is 24.3 Å². The van der Waals surface area contributed by atoms with E-state index in [-0.39, 0.29) is 30.4 Å². The van der Waals surface area contributed by atoms with Gasteiger partial charge in [-0.25, -0.2) is 0 Å². The van der Waals surface area contributed by atoms with Crippen LogP contribution in [0.1, 0.15) is 15.9 Å². The van der Waals surface area contributed by atoms with Gasteiger partial charge in [0.05, 0.1) is 31.8 Å². The lowest BCUT2D eigenvalue weighted by molar-refractivity contribution is -0.136. The van der Waals surface area contributed by atoms with Crippen LogP contribution < -0.4 is 10.3 Å². The van der Waals surface area contributed by atoms with Crippen LogP contribution in [0.15, 0.2) is 47.4 Å². The Kier molecular flexibility index (Phi) is 5.95. The second kappa shape index (κ2) is 8.55. The molecule has 0 radical (unpaired) electrons. The summed E-state index contributed by atoms with van der Waals surface area (Å²) in [6.07, 6.45) is 0. The molecule has 8 nitrogen and oxygen atoms in total. The van der Waals surface area contributed by atoms with Crippen molar-refractivity contribution >= 4 is 86.5 Å². The lowest BCUT2D eigenvalue weighted by Crippen LogP contribution is -2.45. The van der Waals surface area contributed by atoms with Crippen molar-refractivity contribution in [2.75, 3.05) is 11.4 Å². The molecule has 162 valence electrons. The van der Waals surface area contributed by atoms with Gasteiger partial charge in [0.25, 0.3) is 17.7 Å². The molecule has 0 spiro atoms. The molecule has 2 aromatic rings. The minimum absolute atomic E-state index is 0.00836. The third-order valence-electron chi connectivity index (χ3n) is 4.62. The van der Waals surface area contributed by atoms with Crippen molar-refractivity contribution in [3.05, 3.63) is 68.5 Å². The molecule has 32 heavy (non-hydrogen) atoms. The lowest BCUT2D eigenvalue weighted by atomic mass is 10.1. The van der Waals surface area contributed by atoms with E-state index in [0.29, 0.717) is 11.3 Å². The summed E-state index contributed by atoms with van der Waals surface area (Å²) in [7, 11) is 0. The normalized spacial score (nSPS) is 17.8. The van der Waals surface area contributed by atoms with E-state index in [2.05, 4.69) is 5.43 Å². The molecule has 0 aromatic heterocycles. The third kappa shape index (κ3) is 3.75. The van der Waals surface area contributed by atoms with Crippen LogP contribution in [0.4, 0.5) is 5.69 Å². The smallest absolute Gasteiger partial charge is 0.323 e. The van der Waals surface area contributed by atoms with Crippen molar-refractivity contribution in [2.24, 2.45) is 0 Å². The number of thiocarbonyl (C=S) groups is 1. The number of carboxylic acids is 1. The predicted octanol–water partition coefficient (Wildman–Crippen LogP) is 3.34. The maximum absolute atomic E-state index is 13.1. The van der Waals surface area contributed by atoms with Crippen molar-refractivity contribution in [3.63, 3.8) is 0 Å². The van der Waals surface area contributed by atoms with Crippen molar-refractivity contribution in [3.8, 4) is 0 Å². The Morgan fingerprint density at radius 3 is 2.50 bits per heavy atom. The number of anilines is 1. The molecule has 12 heteroatoms. The number of nitrogens with zero attached hydrogens (tertiary/aromatic N) is 2. The molecule has 2 aliphatic heterocycles. The molecule has 0 atom stereocenters. The largest absolute Gasteiger partial charge is 0.480 e. The van der Waals surface area contributed by atoms with Crippen LogP contribution >= 0.6 is 47.2 Å². The number of rotatable bonds is 4. The van der Waals surface area contributed by atoms with E-state index in [4.69, 9.17) is 35.4 Å². The van der Waals surface area contributed by atoms with Crippen molar-refractivity contribution in [1.29, 1.82) is 0 Å². The molecule has 2 aromatic carbocycles. The Bertz CT molecular complexity index is 1260. The molecular weight excluding hydrogens is 497 g/mol. The van der Waals surface area contributed by atoms with Gasteiger partial charge < -0.3 is 5.11 Å². The minimum atomic E-state index is -1.20. The maximum Gasteiger partial charge on any atom is 0.323 e. The third-order valence-corrected chi connectivity index (χ3v) is 6.81. The first-order chi connectivity index (χ1) is 15.2. The highest BCUT2D eigenvalue weighted by Gasteiger charge is 2.43. The van der Waals surface area contributed by atoms with E-state index in [0.717, 1.165) is 21.7 Å². The Morgan fingerprint density at radius 1 is 1.06 bits per heavy atom. The molecule has 0 unspecified atom stereocenters. The van der Waals surface area contributed by atoms with Crippen LogP contribution in [0.2, 0.25) is 10.0 Å². The highest BCUT2D eigenvalue weighted by atomic mass is 35.5. The zero-order valence-corrected chi connectivity index (χ0v) is 18.9. The van der Waals surface area contributed by atoms with E-state index < -0.39 is 30.2 Å². The molecule has 1 fully saturated rings. The fraction of sp³-hybridized carbons (Fsp3) is 0.0500. The summed E-state index contributed by atoms with van der Waals surface area (Å²) < 4.78 is -0.00836. The quantitative estimate of drug-likeness (QED) is 0.482. The molecule has 1 saturated heterocycles. The number of nitrogens with one attached hydrogen (secondary N) is 1. The number of amides is 3. The second-order valence-corrected chi connectivity index (χ2v) is 8.99. The van der Waals surface area contributed by atoms with Gasteiger partial charge in [-0.05, 0) is 30.4 Å². The van der Waals surface area contributed by atoms with E-state index in [1.165, 1.54) is 18.2 Å². The first-order valence-electron chi connectivity index (χ1n) is 8.89. The zero-order chi connectivity index (χ0) is 23.2. The number of hydrogen-bond donors (Lipinski definition) is 2. The Hall–Kier alpha value is -2.92. The molecule has 2 N–H and O–H groups in total. The summed E-state index contributed by atoms with van der Waals surface area (Å²) in [5.74, 6) is -3.28. The van der Waals surface area contributed by atoms with Crippen LogP contribution in [0.3, 0.4) is 0 Å². The van der Waals surface area contributed by atoms with E-state index in [1.54, 1.807) is 24.3 Å². The maximum atomic E-state index is 13.1. The van der Waals surface area contributed by atoms with Gasteiger partial charge in [0.15, 0.2) is 4.32 Å². The van der Waals surface area contributed by atoms with E-state index >= 15 is 0 Å². The number of carbonyl (C=O) groups is 4.